The number of aromatic hydroxyl groups is 1. The summed E-state index contributed by atoms with van der Waals surface area (Å²) in [4.78, 5) is 42.7. The zero-order chi connectivity index (χ0) is 45.2. The number of aryl methyl sites for hydroxylation is 2. The van der Waals surface area contributed by atoms with Crippen molar-refractivity contribution in [2.75, 3.05) is 69.1 Å². The first-order valence-electron chi connectivity index (χ1n) is 23.3. The molecule has 6 atom stereocenters. The van der Waals surface area contributed by atoms with E-state index in [-0.39, 0.29) is 42.5 Å². The second kappa shape index (κ2) is 19.6. The fourth-order valence-corrected chi connectivity index (χ4v) is 11.2. The van der Waals surface area contributed by atoms with Crippen molar-refractivity contribution >= 4 is 34.7 Å². The first-order chi connectivity index (χ1) is 31.5. The molecule has 2 amide bonds. The fraction of sp³-hybridized carbons (Fsp3) is 0.510. The average Bonchev–Trinajstić information content (AvgIpc) is 4.06. The molecule has 16 heteroatoms. The van der Waals surface area contributed by atoms with Crippen molar-refractivity contribution < 1.29 is 24.3 Å². The topological polar surface area (TPSA) is 176 Å². The molecule has 0 aliphatic carbocycles. The molecule has 0 bridgehead atoms. The van der Waals surface area contributed by atoms with Crippen LogP contribution < -0.4 is 15.5 Å². The Morgan fingerprint density at radius 3 is 2.62 bits per heavy atom. The number of nitrogens with zero attached hydrogens (tertiary/aromatic N) is 8. The third kappa shape index (κ3) is 9.91. The minimum absolute atomic E-state index is 0.0934. The number of carbonyl (C=O) groups excluding carboxylic acids is 2. The molecule has 0 saturated carbocycles. The average molecular weight is 903 g/mol. The summed E-state index contributed by atoms with van der Waals surface area (Å²) in [6, 6.07) is 18.6. The number of para-hydroxylation sites is 1. The number of aliphatic hydroxyl groups excluding tert-OH is 1. The van der Waals surface area contributed by atoms with Crippen LogP contribution in [0.15, 0.2) is 70.7 Å². The van der Waals surface area contributed by atoms with Crippen LogP contribution in [0, 0.1) is 18.8 Å². The first-order valence-corrected chi connectivity index (χ1v) is 24.2. The van der Waals surface area contributed by atoms with E-state index in [1.807, 2.05) is 81.7 Å². The van der Waals surface area contributed by atoms with Gasteiger partial charge in [-0.2, -0.15) is 0 Å². The van der Waals surface area contributed by atoms with Gasteiger partial charge in [0.05, 0.1) is 51.3 Å². The third-order valence-corrected chi connectivity index (χ3v) is 14.8. The number of aliphatic hydroxyl groups is 1. The number of piperazine rings is 1. The van der Waals surface area contributed by atoms with E-state index in [0.29, 0.717) is 29.0 Å². The van der Waals surface area contributed by atoms with Crippen molar-refractivity contribution in [1.82, 2.24) is 40.4 Å². The normalized spacial score (nSPS) is 22.3. The Bertz CT molecular complexity index is 2440. The monoisotopic (exact) mass is 902 g/mol. The molecule has 15 nitrogen and oxygen atoms in total. The van der Waals surface area contributed by atoms with E-state index in [1.165, 1.54) is 17.7 Å². The third-order valence-electron chi connectivity index (χ3n) is 13.8. The van der Waals surface area contributed by atoms with E-state index in [2.05, 4.69) is 51.7 Å². The van der Waals surface area contributed by atoms with Crippen LogP contribution in [0.5, 0.6) is 5.75 Å². The van der Waals surface area contributed by atoms with Gasteiger partial charge in [-0.3, -0.25) is 14.5 Å². The van der Waals surface area contributed by atoms with Gasteiger partial charge in [-0.15, -0.1) is 21.5 Å². The number of hydrogen-bond donors (Lipinski definition) is 4. The van der Waals surface area contributed by atoms with E-state index in [0.717, 1.165) is 104 Å². The number of phenols is 1. The van der Waals surface area contributed by atoms with Gasteiger partial charge in [0.15, 0.2) is 5.82 Å². The lowest BCUT2D eigenvalue weighted by atomic mass is 9.91. The van der Waals surface area contributed by atoms with Gasteiger partial charge in [0.2, 0.25) is 11.8 Å². The second-order valence-corrected chi connectivity index (χ2v) is 19.7. The number of likely N-dealkylation sites (tertiary alicyclic amines) is 2. The van der Waals surface area contributed by atoms with E-state index < -0.39 is 18.1 Å². The zero-order valence-electron chi connectivity index (χ0n) is 37.9. The molecule has 3 aromatic heterocycles. The molecule has 3 saturated heterocycles. The van der Waals surface area contributed by atoms with Crippen LogP contribution in [0.4, 0.5) is 11.5 Å². The maximum atomic E-state index is 14.3. The Morgan fingerprint density at radius 1 is 1.00 bits per heavy atom. The van der Waals surface area contributed by atoms with Gasteiger partial charge in [-0.05, 0) is 93.8 Å². The predicted molar refractivity (Wildman–Crippen MR) is 252 cm³/mol. The fourth-order valence-electron chi connectivity index (χ4n) is 10.4. The molecular formula is C49H62N10O5S. The highest BCUT2D eigenvalue weighted by molar-refractivity contribution is 7.13. The summed E-state index contributed by atoms with van der Waals surface area (Å²) in [5.74, 6) is 0.871. The molecule has 65 heavy (non-hydrogen) atoms. The Hall–Kier alpha value is -5.42. The number of benzene rings is 2. The van der Waals surface area contributed by atoms with Crippen LogP contribution in [0.1, 0.15) is 81.1 Å². The maximum absolute atomic E-state index is 14.3. The molecule has 0 unspecified atom stereocenters. The molecule has 2 aromatic carbocycles. The van der Waals surface area contributed by atoms with Crippen LogP contribution >= 0.6 is 11.3 Å². The van der Waals surface area contributed by atoms with Gasteiger partial charge >= 0.3 is 0 Å². The van der Waals surface area contributed by atoms with Gasteiger partial charge in [0.1, 0.15) is 23.5 Å². The molecule has 9 rings (SSSR count). The number of nitrogens with one attached hydrogen (secondary N) is 2. The number of carbonyl (C=O) groups is 2. The van der Waals surface area contributed by atoms with Crippen molar-refractivity contribution in [3.05, 3.63) is 88.9 Å². The van der Waals surface area contributed by atoms with E-state index in [1.54, 1.807) is 17.4 Å². The molecule has 4 aliphatic heterocycles. The zero-order valence-corrected chi connectivity index (χ0v) is 38.7. The van der Waals surface area contributed by atoms with Gasteiger partial charge in [-0.25, -0.2) is 4.98 Å². The number of anilines is 2. The minimum Gasteiger partial charge on any atom is -0.507 e. The molecule has 5 aromatic rings. The van der Waals surface area contributed by atoms with Crippen LogP contribution in [-0.2, 0) is 16.0 Å². The van der Waals surface area contributed by atoms with Crippen LogP contribution in [0.2, 0.25) is 0 Å². The summed E-state index contributed by atoms with van der Waals surface area (Å²) >= 11 is 1.60. The summed E-state index contributed by atoms with van der Waals surface area (Å²) in [6.07, 6.45) is 3.49. The Balaban J connectivity index is 0.750. The van der Waals surface area contributed by atoms with Crippen LogP contribution in [-0.4, -0.2) is 134 Å². The smallest absolute Gasteiger partial charge is 0.243 e. The molecule has 4 N–H and O–H groups in total. The van der Waals surface area contributed by atoms with Crippen molar-refractivity contribution in [2.24, 2.45) is 11.8 Å². The Labute approximate surface area is 385 Å². The van der Waals surface area contributed by atoms with Crippen molar-refractivity contribution in [3.8, 4) is 27.4 Å². The van der Waals surface area contributed by atoms with Gasteiger partial charge in [0.25, 0.3) is 0 Å². The van der Waals surface area contributed by atoms with Crippen molar-refractivity contribution in [1.29, 1.82) is 0 Å². The largest absolute Gasteiger partial charge is 0.507 e. The van der Waals surface area contributed by atoms with E-state index in [9.17, 15) is 19.8 Å². The van der Waals surface area contributed by atoms with Gasteiger partial charge in [0, 0.05) is 63.9 Å². The molecule has 0 spiro atoms. The highest BCUT2D eigenvalue weighted by Gasteiger charge is 2.43. The quantitative estimate of drug-likeness (QED) is 0.101. The maximum Gasteiger partial charge on any atom is 0.243 e. The molecule has 0 radical (unpaired) electrons. The van der Waals surface area contributed by atoms with Crippen molar-refractivity contribution in [2.45, 2.75) is 89.9 Å². The molecule has 7 heterocycles. The number of fused-ring (bicyclic) bond motifs is 3. The molecule has 4 aliphatic rings. The number of phenolic OH excluding ortho intramolecular Hbond substituents is 1. The number of rotatable bonds is 14. The van der Waals surface area contributed by atoms with Gasteiger partial charge < -0.3 is 40.1 Å². The molecular weight excluding hydrogens is 841 g/mol. The lowest BCUT2D eigenvalue weighted by molar-refractivity contribution is -0.141. The Morgan fingerprint density at radius 2 is 1.83 bits per heavy atom. The summed E-state index contributed by atoms with van der Waals surface area (Å²) in [6.45, 7) is 15.9. The van der Waals surface area contributed by atoms with E-state index >= 15 is 0 Å². The lowest BCUT2D eigenvalue weighted by Crippen LogP contribution is -2.58. The lowest BCUT2D eigenvalue weighted by Gasteiger charge is -2.47. The number of amides is 2. The summed E-state index contributed by atoms with van der Waals surface area (Å²) in [7, 11) is 0. The number of aromatic nitrogens is 4. The predicted octanol–water partition coefficient (Wildman–Crippen LogP) is 6.11. The summed E-state index contributed by atoms with van der Waals surface area (Å²) in [5, 5.41) is 41.1. The molecule has 344 valence electrons. The number of hydrogen-bond acceptors (Lipinski definition) is 14. The van der Waals surface area contributed by atoms with Crippen LogP contribution in [0.25, 0.3) is 21.7 Å². The highest BCUT2D eigenvalue weighted by Crippen LogP contribution is 2.37. The first kappa shape index (κ1) is 44.8. The second-order valence-electron chi connectivity index (χ2n) is 18.8. The minimum atomic E-state index is -0.792. The highest BCUT2D eigenvalue weighted by atomic mass is 32.1. The standard InChI is InChI=1S/C49H62N10O5S/c1-30(2)45(49(63)59-28-38(60)22-42(59)48(62)52-31(3)34-13-15-35(16-14-34)46-32(4)51-29-65-46)44-21-36(55-64-44)10-8-18-56-17-7-9-33(25-56)26-57-19-20-58-37(27-57)24-50-47-41(58)23-40(53-54-47)39-11-5-6-12-43(39)61/h5-6,11-16,21,23,29-31,33,37-38,42,45,60-61H,7-10,17-20,22,24-28H2,1-4H3,(H,50,54)(H,52,62)/t31-,33+,37-,38+,42-,45+/m0/s1. The van der Waals surface area contributed by atoms with Crippen LogP contribution in [0.3, 0.4) is 0 Å². The van der Waals surface area contributed by atoms with Gasteiger partial charge in [-0.1, -0.05) is 55.4 Å². The summed E-state index contributed by atoms with van der Waals surface area (Å²) < 4.78 is 5.88. The summed E-state index contributed by atoms with van der Waals surface area (Å²) in [5.41, 5.74) is 8.11. The SMILES string of the molecule is Cc1ncsc1-c1ccc([C@H](C)NC(=O)[C@@H]2C[C@@H](O)CN2C(=O)[C@@H](c2cc(CCCN3CCC[C@@H](CN4CCN5c6cc(-c7ccccc7O)nnc6NC[C@H]5C4)C3)no2)C(C)C)cc1. The van der Waals surface area contributed by atoms with Crippen molar-refractivity contribution in [3.63, 3.8) is 0 Å². The number of thiazole rings is 1. The molecule has 3 fully saturated rings. The number of β-amino-alcohol motifs (C(OH)–C–C–N with tert-alkyl or cyclic N) is 1. The Kier molecular flexibility index (Phi) is 13.5. The van der Waals surface area contributed by atoms with E-state index in [4.69, 9.17) is 4.52 Å². The number of piperidine rings is 1.